The van der Waals surface area contributed by atoms with Crippen LogP contribution < -0.4 is 14.2 Å². The number of benzene rings is 2. The molecular weight excluding hydrogens is 426 g/mol. The minimum Gasteiger partial charge on any atom is -0.507 e. The van der Waals surface area contributed by atoms with Crippen molar-refractivity contribution in [2.24, 2.45) is 0 Å². The molecule has 1 amide bonds. The van der Waals surface area contributed by atoms with Crippen molar-refractivity contribution in [3.05, 3.63) is 53.1 Å². The summed E-state index contributed by atoms with van der Waals surface area (Å²) in [5, 5.41) is 21.6. The van der Waals surface area contributed by atoms with E-state index in [1.165, 1.54) is 27.4 Å². The summed E-state index contributed by atoms with van der Waals surface area (Å²) in [6.07, 6.45) is 3.48. The maximum Gasteiger partial charge on any atom is 0.295 e. The fourth-order valence-electron chi connectivity index (χ4n) is 4.75. The average Bonchev–Trinajstić information content (AvgIpc) is 3.44. The number of hydrogen-bond donors (Lipinski definition) is 2. The number of ether oxygens (including phenoxy) is 3. The van der Waals surface area contributed by atoms with Gasteiger partial charge in [0.1, 0.15) is 5.76 Å². The zero-order valence-electron chi connectivity index (χ0n) is 18.8. The first-order chi connectivity index (χ1) is 15.9. The number of likely N-dealkylation sites (tertiary alicyclic amines) is 1. The quantitative estimate of drug-likeness (QED) is 0.390. The third kappa shape index (κ3) is 3.86. The summed E-state index contributed by atoms with van der Waals surface area (Å²) < 4.78 is 15.7. The Balaban J connectivity index is 1.89. The molecule has 33 heavy (non-hydrogen) atoms. The number of Topliss-reactive ketones (excluding diaryl/α,β-unsaturated/α-hetero) is 1. The van der Waals surface area contributed by atoms with Crippen molar-refractivity contribution in [2.45, 2.75) is 37.8 Å². The Bertz CT molecular complexity index is 1120. The van der Waals surface area contributed by atoms with Crippen molar-refractivity contribution >= 4 is 17.4 Å². The van der Waals surface area contributed by atoms with Crippen molar-refractivity contribution in [1.29, 1.82) is 0 Å². The lowest BCUT2D eigenvalue weighted by molar-refractivity contribution is -0.141. The van der Waals surface area contributed by atoms with E-state index in [0.717, 1.165) is 25.7 Å². The standard InChI is InChI=1S/C25H27NO7/c1-31-18-10-8-14(12-17(18)27)22-21(24(29)25(30)26(22)16-6-4-5-7-16)23(28)15-9-11-19(32-2)20(13-15)33-3/h8-13,16,22,27-28H,4-7H2,1-3H3/b23-21-. The lowest BCUT2D eigenvalue weighted by Crippen LogP contribution is -2.37. The number of hydrogen-bond acceptors (Lipinski definition) is 7. The van der Waals surface area contributed by atoms with Gasteiger partial charge in [0.15, 0.2) is 23.0 Å². The highest BCUT2D eigenvalue weighted by molar-refractivity contribution is 6.46. The maximum absolute atomic E-state index is 13.2. The SMILES string of the molecule is COc1ccc(C2/C(=C(/O)c3ccc(OC)c(OC)c3)C(=O)C(=O)N2C2CCCC2)cc1O. The maximum atomic E-state index is 13.2. The number of carbonyl (C=O) groups excluding carboxylic acids is 2. The second-order valence-corrected chi connectivity index (χ2v) is 8.15. The summed E-state index contributed by atoms with van der Waals surface area (Å²) in [6.45, 7) is 0. The van der Waals surface area contributed by atoms with Crippen LogP contribution in [0.3, 0.4) is 0 Å². The molecule has 1 saturated carbocycles. The third-order valence-electron chi connectivity index (χ3n) is 6.37. The van der Waals surface area contributed by atoms with E-state index in [9.17, 15) is 19.8 Å². The molecule has 0 aromatic heterocycles. The molecule has 2 aromatic carbocycles. The number of rotatable bonds is 6. The van der Waals surface area contributed by atoms with Crippen molar-refractivity contribution in [2.75, 3.05) is 21.3 Å². The second kappa shape index (κ2) is 9.05. The van der Waals surface area contributed by atoms with E-state index in [2.05, 4.69) is 0 Å². The van der Waals surface area contributed by atoms with E-state index in [1.54, 1.807) is 35.2 Å². The number of aromatic hydroxyl groups is 1. The Morgan fingerprint density at radius 3 is 2.15 bits per heavy atom. The zero-order chi connectivity index (χ0) is 23.7. The topological polar surface area (TPSA) is 106 Å². The van der Waals surface area contributed by atoms with Gasteiger partial charge in [-0.2, -0.15) is 0 Å². The Morgan fingerprint density at radius 1 is 0.909 bits per heavy atom. The van der Waals surface area contributed by atoms with Crippen LogP contribution in [-0.2, 0) is 9.59 Å². The molecule has 4 rings (SSSR count). The molecule has 2 aliphatic rings. The molecule has 1 atom stereocenters. The van der Waals surface area contributed by atoms with Gasteiger partial charge in [0, 0.05) is 11.6 Å². The number of amides is 1. The molecule has 0 radical (unpaired) electrons. The summed E-state index contributed by atoms with van der Waals surface area (Å²) in [6, 6.07) is 8.56. The molecule has 2 aromatic rings. The summed E-state index contributed by atoms with van der Waals surface area (Å²) in [5.41, 5.74) is 0.810. The molecule has 1 aliphatic heterocycles. The monoisotopic (exact) mass is 453 g/mol. The highest BCUT2D eigenvalue weighted by Gasteiger charge is 2.49. The lowest BCUT2D eigenvalue weighted by atomic mass is 9.94. The highest BCUT2D eigenvalue weighted by Crippen LogP contribution is 2.45. The van der Waals surface area contributed by atoms with E-state index < -0.39 is 17.7 Å². The Morgan fingerprint density at radius 2 is 1.55 bits per heavy atom. The van der Waals surface area contributed by atoms with E-state index in [-0.39, 0.29) is 28.9 Å². The molecule has 1 unspecified atom stereocenters. The van der Waals surface area contributed by atoms with Gasteiger partial charge in [-0.25, -0.2) is 0 Å². The first-order valence-electron chi connectivity index (χ1n) is 10.8. The third-order valence-corrected chi connectivity index (χ3v) is 6.37. The summed E-state index contributed by atoms with van der Waals surface area (Å²) in [7, 11) is 4.41. The van der Waals surface area contributed by atoms with Gasteiger partial charge in [0.05, 0.1) is 32.9 Å². The van der Waals surface area contributed by atoms with Gasteiger partial charge in [0.2, 0.25) is 0 Å². The van der Waals surface area contributed by atoms with Crippen LogP contribution in [0.25, 0.3) is 5.76 Å². The summed E-state index contributed by atoms with van der Waals surface area (Å²) in [5.74, 6) is -0.703. The van der Waals surface area contributed by atoms with Gasteiger partial charge in [0.25, 0.3) is 11.7 Å². The van der Waals surface area contributed by atoms with Gasteiger partial charge in [-0.15, -0.1) is 0 Å². The molecule has 8 nitrogen and oxygen atoms in total. The fraction of sp³-hybridized carbons (Fsp3) is 0.360. The predicted octanol–water partition coefficient (Wildman–Crippen LogP) is 3.78. The molecule has 1 saturated heterocycles. The average molecular weight is 453 g/mol. The number of aliphatic hydroxyl groups is 1. The summed E-state index contributed by atoms with van der Waals surface area (Å²) in [4.78, 5) is 27.9. The van der Waals surface area contributed by atoms with Gasteiger partial charge in [-0.1, -0.05) is 18.9 Å². The van der Waals surface area contributed by atoms with Crippen LogP contribution in [0.5, 0.6) is 23.0 Å². The molecular formula is C25H27NO7. The largest absolute Gasteiger partial charge is 0.507 e. The van der Waals surface area contributed by atoms with Crippen LogP contribution in [0.4, 0.5) is 0 Å². The van der Waals surface area contributed by atoms with E-state index in [4.69, 9.17) is 14.2 Å². The fourth-order valence-corrected chi connectivity index (χ4v) is 4.75. The number of carbonyl (C=O) groups is 2. The minimum absolute atomic E-state index is 0.0244. The first kappa shape index (κ1) is 22.5. The van der Waals surface area contributed by atoms with Gasteiger partial charge in [-0.3, -0.25) is 9.59 Å². The predicted molar refractivity (Wildman–Crippen MR) is 121 cm³/mol. The number of phenolic OH excluding ortho intramolecular Hbond substituents is 1. The Hall–Kier alpha value is -3.68. The van der Waals surface area contributed by atoms with Crippen molar-refractivity contribution < 1.29 is 34.0 Å². The Kier molecular flexibility index (Phi) is 6.18. The number of nitrogens with zero attached hydrogens (tertiary/aromatic N) is 1. The van der Waals surface area contributed by atoms with Gasteiger partial charge >= 0.3 is 0 Å². The molecule has 1 aliphatic carbocycles. The van der Waals surface area contributed by atoms with E-state index >= 15 is 0 Å². The number of aliphatic hydroxyl groups excluding tert-OH is 1. The van der Waals surface area contributed by atoms with Crippen molar-refractivity contribution in [3.63, 3.8) is 0 Å². The molecule has 8 heteroatoms. The van der Waals surface area contributed by atoms with Gasteiger partial charge in [-0.05, 0) is 48.7 Å². The number of phenols is 1. The van der Waals surface area contributed by atoms with Gasteiger partial charge < -0.3 is 29.3 Å². The van der Waals surface area contributed by atoms with Crippen LogP contribution in [0.15, 0.2) is 42.0 Å². The normalized spacial score (nSPS) is 20.3. The minimum atomic E-state index is -0.835. The number of ketones is 1. The van der Waals surface area contributed by atoms with Crippen LogP contribution in [0.2, 0.25) is 0 Å². The Labute approximate surface area is 192 Å². The molecule has 0 bridgehead atoms. The smallest absolute Gasteiger partial charge is 0.295 e. The highest BCUT2D eigenvalue weighted by atomic mass is 16.5. The van der Waals surface area contributed by atoms with Crippen molar-refractivity contribution in [1.82, 2.24) is 4.90 Å². The molecule has 2 fully saturated rings. The summed E-state index contributed by atoms with van der Waals surface area (Å²) >= 11 is 0. The van der Waals surface area contributed by atoms with E-state index in [1.807, 2.05) is 0 Å². The second-order valence-electron chi connectivity index (χ2n) is 8.15. The van der Waals surface area contributed by atoms with Crippen molar-refractivity contribution in [3.8, 4) is 23.0 Å². The van der Waals surface area contributed by atoms with Crippen LogP contribution in [0, 0.1) is 0 Å². The molecule has 0 spiro atoms. The van der Waals surface area contributed by atoms with Crippen LogP contribution in [-0.4, -0.2) is 54.2 Å². The van der Waals surface area contributed by atoms with E-state index in [0.29, 0.717) is 22.6 Å². The molecule has 1 heterocycles. The van der Waals surface area contributed by atoms with Crippen LogP contribution >= 0.6 is 0 Å². The molecule has 2 N–H and O–H groups in total. The molecule has 174 valence electrons. The zero-order valence-corrected chi connectivity index (χ0v) is 18.8. The first-order valence-corrected chi connectivity index (χ1v) is 10.8. The number of methoxy groups -OCH3 is 3. The van der Waals surface area contributed by atoms with Crippen LogP contribution in [0.1, 0.15) is 42.9 Å². The lowest BCUT2D eigenvalue weighted by Gasteiger charge is -2.31.